The Morgan fingerprint density at radius 3 is 2.64 bits per heavy atom. The second-order valence-corrected chi connectivity index (χ2v) is 5.94. The van der Waals surface area contributed by atoms with Gasteiger partial charge < -0.3 is 19.9 Å². The molecule has 6 nitrogen and oxygen atoms in total. The molecule has 0 spiro atoms. The van der Waals surface area contributed by atoms with E-state index in [2.05, 4.69) is 25.1 Å². The number of benzene rings is 1. The van der Waals surface area contributed by atoms with Crippen molar-refractivity contribution in [3.8, 4) is 0 Å². The lowest BCUT2D eigenvalue weighted by atomic mass is 10.2. The summed E-state index contributed by atoms with van der Waals surface area (Å²) >= 11 is 0. The molecule has 3 rings (SSSR count). The summed E-state index contributed by atoms with van der Waals surface area (Å²) in [5, 5.41) is 3.28. The van der Waals surface area contributed by atoms with Gasteiger partial charge in [-0.15, -0.1) is 0 Å². The highest BCUT2D eigenvalue weighted by Crippen LogP contribution is 2.21. The molecular formula is C18H24FN5O. The number of hydrogen-bond acceptors (Lipinski definition) is 6. The van der Waals surface area contributed by atoms with E-state index in [9.17, 15) is 4.39 Å². The number of anilines is 3. The highest BCUT2D eigenvalue weighted by molar-refractivity contribution is 5.50. The van der Waals surface area contributed by atoms with Gasteiger partial charge in [0, 0.05) is 52.6 Å². The van der Waals surface area contributed by atoms with E-state index in [0.717, 1.165) is 51.6 Å². The smallest absolute Gasteiger partial charge is 0.227 e. The van der Waals surface area contributed by atoms with Crippen LogP contribution in [0.5, 0.6) is 0 Å². The second-order valence-electron chi connectivity index (χ2n) is 5.94. The molecular weight excluding hydrogens is 321 g/mol. The third-order valence-electron chi connectivity index (χ3n) is 4.23. The Balaban J connectivity index is 1.56. The fourth-order valence-corrected chi connectivity index (χ4v) is 2.89. The van der Waals surface area contributed by atoms with Gasteiger partial charge >= 0.3 is 0 Å². The quantitative estimate of drug-likeness (QED) is 0.778. The van der Waals surface area contributed by atoms with Crippen molar-refractivity contribution in [2.24, 2.45) is 0 Å². The fraction of sp³-hybridized carbons (Fsp3) is 0.444. The van der Waals surface area contributed by atoms with Crippen LogP contribution in [-0.2, 0) is 4.74 Å². The van der Waals surface area contributed by atoms with E-state index in [1.165, 1.54) is 6.07 Å². The van der Waals surface area contributed by atoms with Crippen LogP contribution < -0.4 is 15.1 Å². The molecule has 1 aromatic carbocycles. The summed E-state index contributed by atoms with van der Waals surface area (Å²) in [7, 11) is 1.70. The summed E-state index contributed by atoms with van der Waals surface area (Å²) in [6.45, 7) is 4.56. The van der Waals surface area contributed by atoms with E-state index in [1.54, 1.807) is 19.4 Å². The van der Waals surface area contributed by atoms with Gasteiger partial charge in [0.2, 0.25) is 5.95 Å². The predicted octanol–water partition coefficient (Wildman–Crippen LogP) is 2.39. The molecule has 134 valence electrons. The van der Waals surface area contributed by atoms with Crippen LogP contribution in [0.4, 0.5) is 21.8 Å². The predicted molar refractivity (Wildman–Crippen MR) is 97.8 cm³/mol. The van der Waals surface area contributed by atoms with E-state index >= 15 is 0 Å². The largest absolute Gasteiger partial charge is 0.385 e. The van der Waals surface area contributed by atoms with Crippen LogP contribution in [0.3, 0.4) is 0 Å². The molecule has 25 heavy (non-hydrogen) atoms. The van der Waals surface area contributed by atoms with Crippen LogP contribution >= 0.6 is 0 Å². The maximum Gasteiger partial charge on any atom is 0.227 e. The van der Waals surface area contributed by atoms with Gasteiger partial charge in [-0.2, -0.15) is 4.98 Å². The van der Waals surface area contributed by atoms with E-state index in [0.29, 0.717) is 11.6 Å². The summed E-state index contributed by atoms with van der Waals surface area (Å²) in [4.78, 5) is 13.2. The van der Waals surface area contributed by atoms with Gasteiger partial charge in [0.1, 0.15) is 11.6 Å². The van der Waals surface area contributed by atoms with Crippen molar-refractivity contribution < 1.29 is 9.13 Å². The van der Waals surface area contributed by atoms with Crippen LogP contribution in [0.2, 0.25) is 0 Å². The average molecular weight is 345 g/mol. The van der Waals surface area contributed by atoms with Crippen molar-refractivity contribution >= 4 is 17.5 Å². The molecule has 0 saturated carbocycles. The summed E-state index contributed by atoms with van der Waals surface area (Å²) in [6, 6.07) is 8.78. The fourth-order valence-electron chi connectivity index (χ4n) is 2.89. The molecule has 2 aromatic rings. The lowest BCUT2D eigenvalue weighted by Gasteiger charge is -2.36. The lowest BCUT2D eigenvalue weighted by molar-refractivity contribution is 0.198. The van der Waals surface area contributed by atoms with Crippen LogP contribution in [-0.4, -0.2) is 56.4 Å². The van der Waals surface area contributed by atoms with Gasteiger partial charge in [-0.25, -0.2) is 9.37 Å². The molecule has 0 unspecified atom stereocenters. The van der Waals surface area contributed by atoms with Crippen LogP contribution in [0.25, 0.3) is 0 Å². The zero-order chi connectivity index (χ0) is 17.5. The summed E-state index contributed by atoms with van der Waals surface area (Å²) in [5.74, 6) is 1.36. The molecule has 1 aliphatic heterocycles. The Morgan fingerprint density at radius 1 is 1.12 bits per heavy atom. The van der Waals surface area contributed by atoms with E-state index in [-0.39, 0.29) is 5.82 Å². The molecule has 0 amide bonds. The number of piperazine rings is 1. The number of halogens is 1. The number of hydrogen-bond donors (Lipinski definition) is 1. The van der Waals surface area contributed by atoms with Gasteiger partial charge in [-0.05, 0) is 24.6 Å². The van der Waals surface area contributed by atoms with Crippen molar-refractivity contribution in [2.75, 3.05) is 61.6 Å². The second kappa shape index (κ2) is 8.62. The first-order chi connectivity index (χ1) is 12.3. The molecule has 7 heteroatoms. The highest BCUT2D eigenvalue weighted by Gasteiger charge is 2.21. The van der Waals surface area contributed by atoms with Crippen molar-refractivity contribution in [2.45, 2.75) is 6.42 Å². The van der Waals surface area contributed by atoms with E-state index in [4.69, 9.17) is 4.74 Å². The zero-order valence-electron chi connectivity index (χ0n) is 14.5. The van der Waals surface area contributed by atoms with Gasteiger partial charge in [-0.3, -0.25) is 0 Å². The van der Waals surface area contributed by atoms with Gasteiger partial charge in [0.25, 0.3) is 0 Å². The lowest BCUT2D eigenvalue weighted by Crippen LogP contribution is -2.47. The summed E-state index contributed by atoms with van der Waals surface area (Å²) < 4.78 is 19.0. The first-order valence-corrected chi connectivity index (χ1v) is 8.58. The van der Waals surface area contributed by atoms with Gasteiger partial charge in [-0.1, -0.05) is 12.1 Å². The van der Waals surface area contributed by atoms with Crippen molar-refractivity contribution in [3.05, 3.63) is 42.3 Å². The van der Waals surface area contributed by atoms with Crippen molar-refractivity contribution in [1.29, 1.82) is 0 Å². The third kappa shape index (κ3) is 4.57. The Bertz CT molecular complexity index is 676. The Labute approximate surface area is 147 Å². The van der Waals surface area contributed by atoms with E-state index in [1.807, 2.05) is 18.2 Å². The van der Waals surface area contributed by atoms with Crippen molar-refractivity contribution in [1.82, 2.24) is 9.97 Å². The van der Waals surface area contributed by atoms with Crippen LogP contribution in [0, 0.1) is 5.82 Å². The molecule has 1 saturated heterocycles. The third-order valence-corrected chi connectivity index (χ3v) is 4.23. The minimum atomic E-state index is -0.172. The molecule has 0 bridgehead atoms. The van der Waals surface area contributed by atoms with Crippen LogP contribution in [0.1, 0.15) is 6.42 Å². The maximum absolute atomic E-state index is 13.9. The Kier molecular flexibility index (Phi) is 6.00. The zero-order valence-corrected chi connectivity index (χ0v) is 14.5. The standard InChI is InChI=1S/C18H24FN5O/c1-25-14-4-8-20-17-7-9-21-18(22-17)24-12-10-23(11-13-24)16-6-3-2-5-15(16)19/h2-3,5-7,9H,4,8,10-14H2,1H3,(H,20,21,22). The molecule has 1 aliphatic rings. The average Bonchev–Trinajstić information content (AvgIpc) is 2.66. The molecule has 1 N–H and O–H groups in total. The number of nitrogens with zero attached hydrogens (tertiary/aromatic N) is 4. The number of rotatable bonds is 7. The topological polar surface area (TPSA) is 53.5 Å². The first kappa shape index (κ1) is 17.4. The summed E-state index contributed by atoms with van der Waals surface area (Å²) in [5.41, 5.74) is 0.664. The van der Waals surface area contributed by atoms with Gasteiger partial charge in [0.05, 0.1) is 5.69 Å². The van der Waals surface area contributed by atoms with Crippen LogP contribution in [0.15, 0.2) is 36.5 Å². The normalized spacial score (nSPS) is 14.6. The minimum absolute atomic E-state index is 0.172. The van der Waals surface area contributed by atoms with Crippen molar-refractivity contribution in [3.63, 3.8) is 0 Å². The highest BCUT2D eigenvalue weighted by atomic mass is 19.1. The minimum Gasteiger partial charge on any atom is -0.385 e. The SMILES string of the molecule is COCCCNc1ccnc(N2CCN(c3ccccc3F)CC2)n1. The number of methoxy groups -OCH3 is 1. The van der Waals surface area contributed by atoms with Gasteiger partial charge in [0.15, 0.2) is 0 Å². The number of aromatic nitrogens is 2. The Morgan fingerprint density at radius 2 is 1.88 bits per heavy atom. The molecule has 1 fully saturated rings. The molecule has 0 radical (unpaired) electrons. The molecule has 2 heterocycles. The maximum atomic E-state index is 13.9. The first-order valence-electron chi connectivity index (χ1n) is 8.58. The molecule has 1 aromatic heterocycles. The number of ether oxygens (including phenoxy) is 1. The summed E-state index contributed by atoms with van der Waals surface area (Å²) in [6.07, 6.45) is 2.70. The number of nitrogens with one attached hydrogen (secondary N) is 1. The van der Waals surface area contributed by atoms with E-state index < -0.39 is 0 Å². The number of para-hydroxylation sites is 1. The monoisotopic (exact) mass is 345 g/mol. The molecule has 0 atom stereocenters. The Hall–Kier alpha value is -2.41. The molecule has 0 aliphatic carbocycles.